The standard InChI is InChI=1S/C11H7BrClNO2S/c1-6-14-9(5-17-6)11(15)16-10-3-2-7(12)4-8(10)13/h2-5H,1H3. The topological polar surface area (TPSA) is 39.2 Å². The maximum atomic E-state index is 11.7. The van der Waals surface area contributed by atoms with Gasteiger partial charge in [0, 0.05) is 9.85 Å². The zero-order valence-corrected chi connectivity index (χ0v) is 11.9. The van der Waals surface area contributed by atoms with Gasteiger partial charge in [0.15, 0.2) is 5.69 Å². The molecule has 6 heteroatoms. The van der Waals surface area contributed by atoms with Gasteiger partial charge in [0.1, 0.15) is 5.75 Å². The van der Waals surface area contributed by atoms with Crippen LogP contribution in [0.3, 0.4) is 0 Å². The zero-order valence-electron chi connectivity index (χ0n) is 8.74. The lowest BCUT2D eigenvalue weighted by Crippen LogP contribution is -2.09. The molecule has 0 radical (unpaired) electrons. The maximum Gasteiger partial charge on any atom is 0.363 e. The first-order valence-electron chi connectivity index (χ1n) is 4.65. The Morgan fingerprint density at radius 1 is 1.53 bits per heavy atom. The number of aryl methyl sites for hydroxylation is 1. The highest BCUT2D eigenvalue weighted by Crippen LogP contribution is 2.28. The molecule has 0 aliphatic heterocycles. The van der Waals surface area contributed by atoms with Crippen LogP contribution in [0, 0.1) is 6.92 Å². The number of ether oxygens (including phenoxy) is 1. The average Bonchev–Trinajstić information content (AvgIpc) is 2.69. The van der Waals surface area contributed by atoms with Gasteiger partial charge >= 0.3 is 5.97 Å². The number of esters is 1. The van der Waals surface area contributed by atoms with Gasteiger partial charge in [-0.2, -0.15) is 0 Å². The second-order valence-electron chi connectivity index (χ2n) is 3.22. The first kappa shape index (κ1) is 12.5. The molecule has 2 aromatic rings. The lowest BCUT2D eigenvalue weighted by molar-refractivity contribution is 0.0729. The number of nitrogens with zero attached hydrogens (tertiary/aromatic N) is 1. The average molecular weight is 333 g/mol. The van der Waals surface area contributed by atoms with Crippen LogP contribution in [0.5, 0.6) is 5.75 Å². The second kappa shape index (κ2) is 5.16. The third kappa shape index (κ3) is 3.06. The van der Waals surface area contributed by atoms with Crippen molar-refractivity contribution in [3.63, 3.8) is 0 Å². The van der Waals surface area contributed by atoms with Crippen LogP contribution in [-0.4, -0.2) is 11.0 Å². The molecule has 88 valence electrons. The molecule has 3 nitrogen and oxygen atoms in total. The third-order valence-corrected chi connectivity index (χ3v) is 3.49. The Morgan fingerprint density at radius 2 is 2.29 bits per heavy atom. The van der Waals surface area contributed by atoms with E-state index in [0.29, 0.717) is 16.5 Å². The Morgan fingerprint density at radius 3 is 2.88 bits per heavy atom. The molecular weight excluding hydrogens is 326 g/mol. The van der Waals surface area contributed by atoms with Crippen molar-refractivity contribution < 1.29 is 9.53 Å². The molecule has 0 saturated heterocycles. The van der Waals surface area contributed by atoms with Crippen molar-refractivity contribution in [2.45, 2.75) is 6.92 Å². The fourth-order valence-corrected chi connectivity index (χ4v) is 2.46. The van der Waals surface area contributed by atoms with Crippen LogP contribution in [0.4, 0.5) is 0 Å². The largest absolute Gasteiger partial charge is 0.420 e. The Kier molecular flexibility index (Phi) is 3.81. The highest BCUT2D eigenvalue weighted by atomic mass is 79.9. The number of rotatable bonds is 2. The molecule has 0 fully saturated rings. The smallest absolute Gasteiger partial charge is 0.363 e. The number of hydrogen-bond donors (Lipinski definition) is 0. The SMILES string of the molecule is Cc1nc(C(=O)Oc2ccc(Br)cc2Cl)cs1. The molecule has 0 amide bonds. The molecule has 1 aromatic heterocycles. The molecule has 2 rings (SSSR count). The van der Waals surface area contributed by atoms with Gasteiger partial charge in [-0.15, -0.1) is 11.3 Å². The predicted octanol–water partition coefficient (Wildman–Crippen LogP) is 4.09. The fraction of sp³-hybridized carbons (Fsp3) is 0.0909. The summed E-state index contributed by atoms with van der Waals surface area (Å²) >= 11 is 10.6. The summed E-state index contributed by atoms with van der Waals surface area (Å²) in [6.45, 7) is 1.83. The van der Waals surface area contributed by atoms with E-state index < -0.39 is 5.97 Å². The first-order chi connectivity index (χ1) is 8.06. The normalized spacial score (nSPS) is 10.3. The van der Waals surface area contributed by atoms with E-state index in [1.54, 1.807) is 23.6 Å². The summed E-state index contributed by atoms with van der Waals surface area (Å²) in [7, 11) is 0. The van der Waals surface area contributed by atoms with E-state index in [4.69, 9.17) is 16.3 Å². The van der Waals surface area contributed by atoms with Crippen molar-refractivity contribution in [1.29, 1.82) is 0 Å². The summed E-state index contributed by atoms with van der Waals surface area (Å²) < 4.78 is 5.98. The monoisotopic (exact) mass is 331 g/mol. The van der Waals surface area contributed by atoms with Crippen LogP contribution >= 0.6 is 38.9 Å². The molecular formula is C11H7BrClNO2S. The molecule has 0 atom stereocenters. The molecule has 0 bridgehead atoms. The summed E-state index contributed by atoms with van der Waals surface area (Å²) in [5, 5.41) is 2.85. The predicted molar refractivity (Wildman–Crippen MR) is 71.0 cm³/mol. The van der Waals surface area contributed by atoms with Crippen LogP contribution in [-0.2, 0) is 0 Å². The van der Waals surface area contributed by atoms with Crippen LogP contribution in [0.1, 0.15) is 15.5 Å². The van der Waals surface area contributed by atoms with Gasteiger partial charge in [-0.05, 0) is 25.1 Å². The van der Waals surface area contributed by atoms with Crippen molar-refractivity contribution in [3.8, 4) is 5.75 Å². The van der Waals surface area contributed by atoms with Gasteiger partial charge < -0.3 is 4.74 Å². The van der Waals surface area contributed by atoms with Gasteiger partial charge in [0.25, 0.3) is 0 Å². The summed E-state index contributed by atoms with van der Waals surface area (Å²) in [5.41, 5.74) is 0.298. The molecule has 1 heterocycles. The lowest BCUT2D eigenvalue weighted by atomic mass is 10.3. The summed E-state index contributed by atoms with van der Waals surface area (Å²) in [6, 6.07) is 5.04. The number of hydrogen-bond acceptors (Lipinski definition) is 4. The van der Waals surface area contributed by atoms with Crippen LogP contribution < -0.4 is 4.74 Å². The van der Waals surface area contributed by atoms with Gasteiger partial charge in [-0.1, -0.05) is 27.5 Å². The molecule has 0 aliphatic carbocycles. The van der Waals surface area contributed by atoms with Crippen molar-refractivity contribution >= 4 is 44.8 Å². The molecule has 0 unspecified atom stereocenters. The Balaban J connectivity index is 2.18. The minimum Gasteiger partial charge on any atom is -0.420 e. The highest BCUT2D eigenvalue weighted by molar-refractivity contribution is 9.10. The molecule has 17 heavy (non-hydrogen) atoms. The van der Waals surface area contributed by atoms with Crippen molar-refractivity contribution in [1.82, 2.24) is 4.98 Å². The van der Waals surface area contributed by atoms with E-state index >= 15 is 0 Å². The van der Waals surface area contributed by atoms with Gasteiger partial charge in [-0.25, -0.2) is 9.78 Å². The first-order valence-corrected chi connectivity index (χ1v) is 6.70. The Bertz CT molecular complexity index is 570. The second-order valence-corrected chi connectivity index (χ2v) is 5.60. The van der Waals surface area contributed by atoms with Gasteiger partial charge in [-0.3, -0.25) is 0 Å². The van der Waals surface area contributed by atoms with E-state index in [-0.39, 0.29) is 0 Å². The lowest BCUT2D eigenvalue weighted by Gasteiger charge is -2.04. The van der Waals surface area contributed by atoms with Crippen LogP contribution in [0.2, 0.25) is 5.02 Å². The minimum absolute atomic E-state index is 0.298. The van der Waals surface area contributed by atoms with E-state index in [2.05, 4.69) is 20.9 Å². The molecule has 0 aliphatic rings. The van der Waals surface area contributed by atoms with Crippen LogP contribution in [0.15, 0.2) is 28.1 Å². The number of thiazole rings is 1. The molecule has 0 spiro atoms. The summed E-state index contributed by atoms with van der Waals surface area (Å²) in [4.78, 5) is 15.8. The number of carbonyl (C=O) groups excluding carboxylic acids is 1. The summed E-state index contributed by atoms with van der Waals surface area (Å²) in [6.07, 6.45) is 0. The number of carbonyl (C=O) groups is 1. The van der Waals surface area contributed by atoms with E-state index in [0.717, 1.165) is 9.48 Å². The number of halogens is 2. The Labute approximate surface area is 116 Å². The number of aromatic nitrogens is 1. The molecule has 0 N–H and O–H groups in total. The highest BCUT2D eigenvalue weighted by Gasteiger charge is 2.13. The Hall–Kier alpha value is -0.910. The molecule has 1 aromatic carbocycles. The van der Waals surface area contributed by atoms with Crippen LogP contribution in [0.25, 0.3) is 0 Å². The van der Waals surface area contributed by atoms with Gasteiger partial charge in [0.2, 0.25) is 0 Å². The number of benzene rings is 1. The van der Waals surface area contributed by atoms with Crippen molar-refractivity contribution in [2.24, 2.45) is 0 Å². The maximum absolute atomic E-state index is 11.7. The molecule has 0 saturated carbocycles. The van der Waals surface area contributed by atoms with E-state index in [9.17, 15) is 4.79 Å². The van der Waals surface area contributed by atoms with E-state index in [1.807, 2.05) is 6.92 Å². The minimum atomic E-state index is -0.501. The third-order valence-electron chi connectivity index (χ3n) is 1.92. The van der Waals surface area contributed by atoms with E-state index in [1.165, 1.54) is 11.3 Å². The quantitative estimate of drug-likeness (QED) is 0.614. The zero-order chi connectivity index (χ0) is 12.4. The fourth-order valence-electron chi connectivity index (χ4n) is 1.17. The van der Waals surface area contributed by atoms with Crippen molar-refractivity contribution in [2.75, 3.05) is 0 Å². The van der Waals surface area contributed by atoms with Crippen molar-refractivity contribution in [3.05, 3.63) is 43.8 Å². The van der Waals surface area contributed by atoms with Gasteiger partial charge in [0.05, 0.1) is 10.0 Å². The summed E-state index contributed by atoms with van der Waals surface area (Å²) in [5.74, 6) is -0.177.